The van der Waals surface area contributed by atoms with E-state index in [1.165, 1.54) is 12.1 Å². The molecule has 1 rings (SSSR count). The van der Waals surface area contributed by atoms with Gasteiger partial charge >= 0.3 is 0 Å². The van der Waals surface area contributed by atoms with Gasteiger partial charge in [0.05, 0.1) is 15.7 Å². The van der Waals surface area contributed by atoms with E-state index >= 15 is 0 Å². The first-order chi connectivity index (χ1) is 8.90. The summed E-state index contributed by atoms with van der Waals surface area (Å²) in [6.45, 7) is 4.65. The predicted molar refractivity (Wildman–Crippen MR) is 75.8 cm³/mol. The summed E-state index contributed by atoms with van der Waals surface area (Å²) in [5.41, 5.74) is 0. The fourth-order valence-electron chi connectivity index (χ4n) is 1.91. The monoisotopic (exact) mass is 307 g/mol. The van der Waals surface area contributed by atoms with Crippen molar-refractivity contribution in [3.8, 4) is 0 Å². The van der Waals surface area contributed by atoms with Gasteiger partial charge in [-0.25, -0.2) is 12.8 Å². The van der Waals surface area contributed by atoms with Crippen LogP contribution in [0.3, 0.4) is 0 Å². The first-order valence-corrected chi connectivity index (χ1v) is 8.35. The highest BCUT2D eigenvalue weighted by Crippen LogP contribution is 2.21. The summed E-state index contributed by atoms with van der Waals surface area (Å²) in [4.78, 5) is 0.0675. The normalized spacial score (nSPS) is 13.5. The molecular formula is C13H19ClFNO2S. The molecule has 0 saturated heterocycles. The van der Waals surface area contributed by atoms with Gasteiger partial charge in [0.15, 0.2) is 9.84 Å². The van der Waals surface area contributed by atoms with Gasteiger partial charge in [-0.3, -0.25) is 0 Å². The zero-order valence-electron chi connectivity index (χ0n) is 11.1. The summed E-state index contributed by atoms with van der Waals surface area (Å²) in [6.07, 6.45) is 1.68. The third-order valence-corrected chi connectivity index (χ3v) is 4.90. The fraction of sp³-hybridized carbons (Fsp3) is 0.538. The highest BCUT2D eigenvalue weighted by Gasteiger charge is 2.21. The molecule has 0 spiro atoms. The van der Waals surface area contributed by atoms with Crippen LogP contribution in [-0.4, -0.2) is 26.8 Å². The van der Waals surface area contributed by atoms with Crippen molar-refractivity contribution >= 4 is 21.4 Å². The van der Waals surface area contributed by atoms with Gasteiger partial charge in [-0.1, -0.05) is 31.9 Å². The fourth-order valence-corrected chi connectivity index (χ4v) is 3.74. The van der Waals surface area contributed by atoms with Crippen molar-refractivity contribution in [1.29, 1.82) is 0 Å². The zero-order chi connectivity index (χ0) is 14.5. The van der Waals surface area contributed by atoms with Crippen LogP contribution in [0.15, 0.2) is 23.1 Å². The molecule has 1 unspecified atom stereocenters. The van der Waals surface area contributed by atoms with Crippen molar-refractivity contribution in [1.82, 2.24) is 5.32 Å². The number of nitrogens with one attached hydrogen (secondary N) is 1. The van der Waals surface area contributed by atoms with Crippen LogP contribution in [0.2, 0.25) is 5.02 Å². The minimum Gasteiger partial charge on any atom is -0.313 e. The highest BCUT2D eigenvalue weighted by atomic mass is 35.5. The van der Waals surface area contributed by atoms with Gasteiger partial charge in [-0.15, -0.1) is 0 Å². The van der Waals surface area contributed by atoms with E-state index in [1.807, 2.05) is 13.8 Å². The number of rotatable bonds is 7. The van der Waals surface area contributed by atoms with E-state index in [-0.39, 0.29) is 21.7 Å². The summed E-state index contributed by atoms with van der Waals surface area (Å²) < 4.78 is 37.5. The summed E-state index contributed by atoms with van der Waals surface area (Å²) in [5.74, 6) is -0.617. The van der Waals surface area contributed by atoms with Crippen LogP contribution >= 0.6 is 11.6 Å². The Hall–Kier alpha value is -0.650. The highest BCUT2D eigenvalue weighted by molar-refractivity contribution is 7.91. The lowest BCUT2D eigenvalue weighted by Crippen LogP contribution is -2.35. The molecule has 0 aliphatic carbocycles. The van der Waals surface area contributed by atoms with E-state index < -0.39 is 15.7 Å². The molecule has 0 amide bonds. The quantitative estimate of drug-likeness (QED) is 0.788. The van der Waals surface area contributed by atoms with Crippen molar-refractivity contribution in [3.63, 3.8) is 0 Å². The topological polar surface area (TPSA) is 46.2 Å². The molecule has 3 nitrogen and oxygen atoms in total. The van der Waals surface area contributed by atoms with Crippen LogP contribution in [0.25, 0.3) is 0 Å². The predicted octanol–water partition coefficient (Wildman–Crippen LogP) is 3.03. The summed E-state index contributed by atoms with van der Waals surface area (Å²) in [6, 6.07) is 3.41. The first-order valence-electron chi connectivity index (χ1n) is 6.32. The molecule has 6 heteroatoms. The summed E-state index contributed by atoms with van der Waals surface area (Å²) >= 11 is 5.62. The third-order valence-electron chi connectivity index (χ3n) is 2.80. The van der Waals surface area contributed by atoms with E-state index in [9.17, 15) is 12.8 Å². The maximum absolute atomic E-state index is 13.1. The van der Waals surface area contributed by atoms with Crippen molar-refractivity contribution < 1.29 is 12.8 Å². The van der Waals surface area contributed by atoms with Gasteiger partial charge in [0.1, 0.15) is 5.82 Å². The molecule has 0 bridgehead atoms. The smallest absolute Gasteiger partial charge is 0.179 e. The first kappa shape index (κ1) is 16.4. The third kappa shape index (κ3) is 4.75. The van der Waals surface area contributed by atoms with Crippen LogP contribution in [0.4, 0.5) is 4.39 Å². The van der Waals surface area contributed by atoms with Gasteiger partial charge in [0.25, 0.3) is 0 Å². The Kier molecular flexibility index (Phi) is 6.23. The van der Waals surface area contributed by atoms with Gasteiger partial charge in [-0.2, -0.15) is 0 Å². The second kappa shape index (κ2) is 7.22. The van der Waals surface area contributed by atoms with Crippen LogP contribution in [0.1, 0.15) is 26.7 Å². The van der Waals surface area contributed by atoms with Gasteiger partial charge in [-0.05, 0) is 31.2 Å². The van der Waals surface area contributed by atoms with E-state index in [2.05, 4.69) is 5.32 Å². The Balaban J connectivity index is 2.92. The standard InChI is InChI=1S/C13H19ClFNO2S/c1-3-5-10(16-4-2)9-19(17,18)11-6-7-13(15)12(14)8-11/h6-8,10,16H,3-5,9H2,1-2H3. The van der Waals surface area contributed by atoms with Gasteiger partial charge < -0.3 is 5.32 Å². The average molecular weight is 308 g/mol. The molecule has 1 aromatic carbocycles. The molecule has 1 atom stereocenters. The van der Waals surface area contributed by atoms with Crippen molar-refractivity contribution in [2.45, 2.75) is 37.6 Å². The minimum atomic E-state index is -3.46. The average Bonchev–Trinajstić information content (AvgIpc) is 2.32. The molecular weight excluding hydrogens is 289 g/mol. The second-order valence-corrected chi connectivity index (χ2v) is 6.84. The summed E-state index contributed by atoms with van der Waals surface area (Å²) in [5, 5.41) is 2.98. The Bertz CT molecular complexity index is 513. The molecule has 0 aromatic heterocycles. The molecule has 108 valence electrons. The van der Waals surface area contributed by atoms with Crippen LogP contribution in [-0.2, 0) is 9.84 Å². The van der Waals surface area contributed by atoms with Crippen molar-refractivity contribution in [3.05, 3.63) is 29.0 Å². The molecule has 0 heterocycles. The van der Waals surface area contributed by atoms with Crippen molar-refractivity contribution in [2.24, 2.45) is 0 Å². The van der Waals surface area contributed by atoms with E-state index in [0.717, 1.165) is 18.9 Å². The lowest BCUT2D eigenvalue weighted by molar-refractivity contribution is 0.512. The van der Waals surface area contributed by atoms with Gasteiger partial charge in [0, 0.05) is 6.04 Å². The summed E-state index contributed by atoms with van der Waals surface area (Å²) in [7, 11) is -3.46. The maximum atomic E-state index is 13.1. The molecule has 1 N–H and O–H groups in total. The van der Waals surface area contributed by atoms with E-state index in [4.69, 9.17) is 11.6 Å². The Labute approximate surface area is 119 Å². The Morgan fingerprint density at radius 3 is 2.58 bits per heavy atom. The number of hydrogen-bond acceptors (Lipinski definition) is 3. The van der Waals surface area contributed by atoms with E-state index in [0.29, 0.717) is 6.54 Å². The second-order valence-electron chi connectivity index (χ2n) is 4.40. The maximum Gasteiger partial charge on any atom is 0.179 e. The lowest BCUT2D eigenvalue weighted by Gasteiger charge is -2.17. The van der Waals surface area contributed by atoms with Crippen LogP contribution < -0.4 is 5.32 Å². The molecule has 0 saturated carbocycles. The molecule has 19 heavy (non-hydrogen) atoms. The molecule has 0 aliphatic heterocycles. The Morgan fingerprint density at radius 1 is 1.37 bits per heavy atom. The van der Waals surface area contributed by atoms with Crippen LogP contribution in [0.5, 0.6) is 0 Å². The van der Waals surface area contributed by atoms with Gasteiger partial charge in [0.2, 0.25) is 0 Å². The Morgan fingerprint density at radius 2 is 2.05 bits per heavy atom. The molecule has 0 aliphatic rings. The van der Waals surface area contributed by atoms with E-state index in [1.54, 1.807) is 0 Å². The van der Waals surface area contributed by atoms with Crippen molar-refractivity contribution in [2.75, 3.05) is 12.3 Å². The molecule has 1 aromatic rings. The molecule has 0 radical (unpaired) electrons. The number of halogens is 2. The van der Waals surface area contributed by atoms with Crippen LogP contribution in [0, 0.1) is 5.82 Å². The number of benzene rings is 1. The molecule has 0 fully saturated rings. The number of hydrogen-bond donors (Lipinski definition) is 1. The largest absolute Gasteiger partial charge is 0.313 e. The number of sulfone groups is 1. The SMILES string of the molecule is CCCC(CS(=O)(=O)c1ccc(F)c(Cl)c1)NCC. The zero-order valence-corrected chi connectivity index (χ0v) is 12.7. The minimum absolute atomic E-state index is 0.00333. The lowest BCUT2D eigenvalue weighted by atomic mass is 10.2.